The first-order valence-corrected chi connectivity index (χ1v) is 19.2. The van der Waals surface area contributed by atoms with Crippen LogP contribution in [-0.2, 0) is 0 Å². The molecular formula is C49H29N3O2S. The zero-order valence-corrected chi connectivity index (χ0v) is 30.1. The Morgan fingerprint density at radius 1 is 0.491 bits per heavy atom. The van der Waals surface area contributed by atoms with Crippen LogP contribution >= 0.6 is 11.3 Å². The molecule has 4 heterocycles. The molecule has 55 heavy (non-hydrogen) atoms. The average molecular weight is 724 g/mol. The lowest BCUT2D eigenvalue weighted by Gasteiger charge is -2.26. The van der Waals surface area contributed by atoms with Gasteiger partial charge in [-0.2, -0.15) is 0 Å². The number of benzene rings is 8. The van der Waals surface area contributed by atoms with Gasteiger partial charge in [0.2, 0.25) is 5.89 Å². The molecule has 5 nitrogen and oxygen atoms in total. The number of furan rings is 1. The first-order chi connectivity index (χ1) is 27.3. The fourth-order valence-electron chi connectivity index (χ4n) is 8.40. The summed E-state index contributed by atoms with van der Waals surface area (Å²) in [5.41, 5.74) is 10.7. The number of fused-ring (bicyclic) bond motifs is 11. The number of hydrogen-bond donors (Lipinski definition) is 0. The lowest BCUT2D eigenvalue weighted by atomic mass is 10.1. The molecule has 0 bridgehead atoms. The molecule has 0 aliphatic rings. The van der Waals surface area contributed by atoms with Crippen LogP contribution in [0.3, 0.4) is 0 Å². The monoisotopic (exact) mass is 723 g/mol. The molecule has 0 amide bonds. The quantitative estimate of drug-likeness (QED) is 0.177. The second-order valence-electron chi connectivity index (χ2n) is 13.9. The largest absolute Gasteiger partial charge is 0.456 e. The molecule has 6 heteroatoms. The van der Waals surface area contributed by atoms with Crippen LogP contribution in [0.15, 0.2) is 185 Å². The number of nitrogens with zero attached hydrogens (tertiary/aromatic N) is 3. The summed E-state index contributed by atoms with van der Waals surface area (Å²) >= 11 is 1.83. The Kier molecular flexibility index (Phi) is 6.44. The van der Waals surface area contributed by atoms with Crippen LogP contribution in [0.4, 0.5) is 17.1 Å². The Morgan fingerprint density at radius 3 is 2.11 bits per heavy atom. The van der Waals surface area contributed by atoms with Gasteiger partial charge in [-0.05, 0) is 91.0 Å². The highest BCUT2D eigenvalue weighted by molar-refractivity contribution is 7.26. The summed E-state index contributed by atoms with van der Waals surface area (Å²) in [6.07, 6.45) is 0. The molecule has 0 saturated heterocycles. The lowest BCUT2D eigenvalue weighted by molar-refractivity contribution is 0.622. The Bertz CT molecular complexity index is 3450. The van der Waals surface area contributed by atoms with E-state index < -0.39 is 0 Å². The third-order valence-corrected chi connectivity index (χ3v) is 11.9. The molecule has 0 spiro atoms. The highest BCUT2D eigenvalue weighted by Gasteiger charge is 2.23. The van der Waals surface area contributed by atoms with Crippen molar-refractivity contribution in [3.63, 3.8) is 0 Å². The molecule has 0 aliphatic carbocycles. The van der Waals surface area contributed by atoms with Gasteiger partial charge in [0, 0.05) is 65.0 Å². The maximum absolute atomic E-state index is 6.65. The van der Waals surface area contributed by atoms with E-state index in [1.165, 1.54) is 36.5 Å². The Morgan fingerprint density at radius 2 is 1.22 bits per heavy atom. The zero-order valence-electron chi connectivity index (χ0n) is 29.3. The van der Waals surface area contributed by atoms with Gasteiger partial charge in [0.05, 0.1) is 22.1 Å². The van der Waals surface area contributed by atoms with Crippen LogP contribution < -0.4 is 4.90 Å². The van der Waals surface area contributed by atoms with Crippen molar-refractivity contribution in [3.8, 4) is 17.1 Å². The molecule has 4 aromatic heterocycles. The van der Waals surface area contributed by atoms with Crippen LogP contribution in [0.1, 0.15) is 0 Å². The van der Waals surface area contributed by atoms with Gasteiger partial charge in [-0.25, -0.2) is 4.98 Å². The van der Waals surface area contributed by atoms with Crippen molar-refractivity contribution in [2.45, 2.75) is 0 Å². The van der Waals surface area contributed by atoms with Gasteiger partial charge in [0.15, 0.2) is 5.58 Å². The smallest absolute Gasteiger partial charge is 0.227 e. The predicted octanol–water partition coefficient (Wildman–Crippen LogP) is 14.3. The fourth-order valence-corrected chi connectivity index (χ4v) is 9.53. The second kappa shape index (κ2) is 11.7. The molecule has 0 saturated carbocycles. The van der Waals surface area contributed by atoms with Crippen LogP contribution in [0, 0.1) is 0 Å². The van der Waals surface area contributed by atoms with Crippen molar-refractivity contribution in [2.75, 3.05) is 4.90 Å². The standard InChI is InChI=1S/C49H29N3O2S/c1-3-12-30(13-4-1)49-50-38-25-27-42-47(48(38)54-49)35-24-22-33(29-43(35)53-42)51(41-19-11-21-45-46(41)36-17-8-10-20-44(36)55-45)32-23-26-40-37(28-32)34-16-7-9-18-39(34)52(40)31-14-5-2-6-15-31/h1-29H. The normalized spacial score (nSPS) is 12.0. The molecule has 12 rings (SSSR count). The van der Waals surface area contributed by atoms with Gasteiger partial charge in [0.1, 0.15) is 16.7 Å². The van der Waals surface area contributed by atoms with E-state index in [4.69, 9.17) is 13.8 Å². The maximum atomic E-state index is 6.65. The third-order valence-electron chi connectivity index (χ3n) is 10.8. The number of thiophene rings is 1. The molecule has 0 radical (unpaired) electrons. The van der Waals surface area contributed by atoms with Crippen molar-refractivity contribution < 1.29 is 8.83 Å². The number of anilines is 3. The van der Waals surface area contributed by atoms with Crippen LogP contribution in [0.25, 0.3) is 92.2 Å². The first-order valence-electron chi connectivity index (χ1n) is 18.4. The van der Waals surface area contributed by atoms with Gasteiger partial charge in [-0.3, -0.25) is 0 Å². The Labute approximate surface area is 318 Å². The number of oxazole rings is 1. The first kappa shape index (κ1) is 30.3. The van der Waals surface area contributed by atoms with Crippen LogP contribution in [0.5, 0.6) is 0 Å². The van der Waals surface area contributed by atoms with E-state index in [1.807, 2.05) is 53.8 Å². The van der Waals surface area contributed by atoms with Gasteiger partial charge in [-0.15, -0.1) is 11.3 Å². The molecule has 0 aliphatic heterocycles. The third kappa shape index (κ3) is 4.55. The van der Waals surface area contributed by atoms with E-state index in [2.05, 4.69) is 143 Å². The summed E-state index contributed by atoms with van der Waals surface area (Å²) < 4.78 is 18.0. The summed E-state index contributed by atoms with van der Waals surface area (Å²) in [5.74, 6) is 0.598. The van der Waals surface area contributed by atoms with E-state index in [9.17, 15) is 0 Å². The molecule has 0 unspecified atom stereocenters. The van der Waals surface area contributed by atoms with E-state index in [1.54, 1.807) is 0 Å². The Hall–Kier alpha value is -7.15. The molecule has 0 atom stereocenters. The molecule has 258 valence electrons. The van der Waals surface area contributed by atoms with Crippen molar-refractivity contribution >= 4 is 103 Å². The van der Waals surface area contributed by atoms with Gasteiger partial charge < -0.3 is 18.3 Å². The minimum absolute atomic E-state index is 0.598. The summed E-state index contributed by atoms with van der Waals surface area (Å²) in [4.78, 5) is 7.23. The number of aromatic nitrogens is 2. The molecular weight excluding hydrogens is 695 g/mol. The minimum Gasteiger partial charge on any atom is -0.456 e. The highest BCUT2D eigenvalue weighted by atomic mass is 32.1. The summed E-state index contributed by atoms with van der Waals surface area (Å²) in [6.45, 7) is 0. The number of hydrogen-bond acceptors (Lipinski definition) is 5. The van der Waals surface area contributed by atoms with Crippen molar-refractivity contribution in [1.82, 2.24) is 9.55 Å². The van der Waals surface area contributed by atoms with E-state index in [-0.39, 0.29) is 0 Å². The minimum atomic E-state index is 0.598. The summed E-state index contributed by atoms with van der Waals surface area (Å²) in [5, 5.41) is 6.80. The van der Waals surface area contributed by atoms with E-state index in [0.717, 1.165) is 66.9 Å². The van der Waals surface area contributed by atoms with E-state index >= 15 is 0 Å². The summed E-state index contributed by atoms with van der Waals surface area (Å²) in [7, 11) is 0. The van der Waals surface area contributed by atoms with Gasteiger partial charge >= 0.3 is 0 Å². The molecule has 12 aromatic rings. The SMILES string of the molecule is c1ccc(-c2nc3ccc4oc5cc(N(c6ccc7c(c6)c6ccccc6n7-c6ccccc6)c6cccc7sc8ccccc8c67)ccc5c4c3o2)cc1. The number of para-hydroxylation sites is 2. The maximum Gasteiger partial charge on any atom is 0.227 e. The van der Waals surface area contributed by atoms with Gasteiger partial charge in [0.25, 0.3) is 0 Å². The topological polar surface area (TPSA) is 47.3 Å². The highest BCUT2D eigenvalue weighted by Crippen LogP contribution is 2.47. The molecule has 0 fully saturated rings. The predicted molar refractivity (Wildman–Crippen MR) is 229 cm³/mol. The van der Waals surface area contributed by atoms with Gasteiger partial charge in [-0.1, -0.05) is 78.9 Å². The Balaban J connectivity index is 1.11. The second-order valence-corrected chi connectivity index (χ2v) is 15.0. The average Bonchev–Trinajstić information content (AvgIpc) is 4.02. The lowest BCUT2D eigenvalue weighted by Crippen LogP contribution is -2.10. The van der Waals surface area contributed by atoms with Crippen molar-refractivity contribution in [2.24, 2.45) is 0 Å². The molecule has 0 N–H and O–H groups in total. The number of rotatable bonds is 5. The zero-order chi connectivity index (χ0) is 36.0. The van der Waals surface area contributed by atoms with Crippen molar-refractivity contribution in [3.05, 3.63) is 176 Å². The van der Waals surface area contributed by atoms with Crippen molar-refractivity contribution in [1.29, 1.82) is 0 Å². The molecule has 8 aromatic carbocycles. The fraction of sp³-hybridized carbons (Fsp3) is 0. The van der Waals surface area contributed by atoms with Crippen LogP contribution in [-0.4, -0.2) is 9.55 Å². The van der Waals surface area contributed by atoms with Crippen LogP contribution in [0.2, 0.25) is 0 Å². The van der Waals surface area contributed by atoms with E-state index in [0.29, 0.717) is 5.89 Å². The summed E-state index contributed by atoms with van der Waals surface area (Å²) in [6, 6.07) is 62.0.